The van der Waals surface area contributed by atoms with Crippen molar-refractivity contribution in [3.05, 3.63) is 82.5 Å². The number of pyridine rings is 1. The lowest BCUT2D eigenvalue weighted by Gasteiger charge is -2.14. The molecule has 1 aromatic heterocycles. The largest absolute Gasteiger partial charge is 0.493 e. The van der Waals surface area contributed by atoms with E-state index in [-0.39, 0.29) is 10.8 Å². The molecule has 0 fully saturated rings. The van der Waals surface area contributed by atoms with Crippen LogP contribution in [0.5, 0.6) is 11.5 Å². The minimum Gasteiger partial charge on any atom is -0.493 e. The highest BCUT2D eigenvalue weighted by Gasteiger charge is 2.31. The molecule has 1 heterocycles. The number of nitrogens with one attached hydrogen (secondary N) is 1. The molecule has 0 spiro atoms. The van der Waals surface area contributed by atoms with Gasteiger partial charge in [0.25, 0.3) is 0 Å². The quantitative estimate of drug-likeness (QED) is 0.510. The first-order chi connectivity index (χ1) is 13.9. The van der Waals surface area contributed by atoms with Crippen LogP contribution in [0.25, 0.3) is 0 Å². The fraction of sp³-hybridized carbons (Fsp3) is 0.190. The fourth-order valence-electron chi connectivity index (χ4n) is 2.59. The number of benzene rings is 2. The molecule has 29 heavy (non-hydrogen) atoms. The Morgan fingerprint density at radius 3 is 2.41 bits per heavy atom. The molecule has 2 aromatic carbocycles. The lowest BCUT2D eigenvalue weighted by Crippen LogP contribution is -2.08. The Kier molecular flexibility index (Phi) is 6.49. The van der Waals surface area contributed by atoms with Crippen molar-refractivity contribution in [3.63, 3.8) is 0 Å². The van der Waals surface area contributed by atoms with E-state index in [0.717, 1.165) is 23.4 Å². The summed E-state index contributed by atoms with van der Waals surface area (Å²) in [5, 5.41) is 2.83. The highest BCUT2D eigenvalue weighted by Crippen LogP contribution is 2.33. The Morgan fingerprint density at radius 1 is 1.00 bits per heavy atom. The van der Waals surface area contributed by atoms with Crippen molar-refractivity contribution in [2.45, 2.75) is 19.3 Å². The third-order valence-corrected chi connectivity index (χ3v) is 4.38. The smallest absolute Gasteiger partial charge is 0.417 e. The Hall–Kier alpha value is -2.93. The van der Waals surface area contributed by atoms with Gasteiger partial charge in [0.2, 0.25) is 0 Å². The number of rotatable bonds is 7. The van der Waals surface area contributed by atoms with Crippen molar-refractivity contribution >= 4 is 17.4 Å². The average Bonchev–Trinajstić information content (AvgIpc) is 2.71. The maximum absolute atomic E-state index is 12.7. The van der Waals surface area contributed by atoms with Crippen molar-refractivity contribution in [3.8, 4) is 11.5 Å². The summed E-state index contributed by atoms with van der Waals surface area (Å²) >= 11 is 5.92. The second-order valence-electron chi connectivity index (χ2n) is 6.17. The van der Waals surface area contributed by atoms with Gasteiger partial charge in [0.1, 0.15) is 12.4 Å². The van der Waals surface area contributed by atoms with Gasteiger partial charge in [0, 0.05) is 12.7 Å². The van der Waals surface area contributed by atoms with Crippen LogP contribution < -0.4 is 14.8 Å². The molecule has 0 atom stereocenters. The summed E-state index contributed by atoms with van der Waals surface area (Å²) in [4.78, 5) is 3.76. The van der Waals surface area contributed by atoms with Crippen LogP contribution >= 0.6 is 11.6 Å². The molecule has 0 amide bonds. The number of anilines is 1. The average molecular weight is 423 g/mol. The van der Waals surface area contributed by atoms with Gasteiger partial charge < -0.3 is 14.8 Å². The van der Waals surface area contributed by atoms with E-state index < -0.39 is 11.7 Å². The fourth-order valence-corrected chi connectivity index (χ4v) is 2.82. The summed E-state index contributed by atoms with van der Waals surface area (Å²) in [7, 11) is 1.54. The lowest BCUT2D eigenvalue weighted by molar-refractivity contribution is -0.137. The van der Waals surface area contributed by atoms with E-state index in [2.05, 4.69) is 10.3 Å². The lowest BCUT2D eigenvalue weighted by atomic mass is 10.2. The van der Waals surface area contributed by atoms with Crippen LogP contribution in [0.4, 0.5) is 19.0 Å². The van der Waals surface area contributed by atoms with Gasteiger partial charge in [-0.2, -0.15) is 13.2 Å². The van der Waals surface area contributed by atoms with Crippen molar-refractivity contribution < 1.29 is 22.6 Å². The molecule has 3 rings (SSSR count). The molecule has 0 saturated heterocycles. The van der Waals surface area contributed by atoms with E-state index in [4.69, 9.17) is 21.1 Å². The first kappa shape index (κ1) is 20.8. The van der Waals surface area contributed by atoms with Crippen LogP contribution in [-0.4, -0.2) is 12.1 Å². The van der Waals surface area contributed by atoms with E-state index in [1.54, 1.807) is 12.1 Å². The molecule has 3 aromatic rings. The SMILES string of the molecule is COc1cc(CNc2ncc(C(F)(F)F)cc2Cl)ccc1OCc1ccccc1. The second kappa shape index (κ2) is 9.05. The van der Waals surface area contributed by atoms with Gasteiger partial charge in [-0.3, -0.25) is 0 Å². The molecule has 0 radical (unpaired) electrons. The molecule has 0 aliphatic carbocycles. The minimum absolute atomic E-state index is 0.102. The molecular formula is C21H18ClF3N2O2. The van der Waals surface area contributed by atoms with Crippen LogP contribution in [-0.2, 0) is 19.3 Å². The minimum atomic E-state index is -4.49. The zero-order valence-corrected chi connectivity index (χ0v) is 16.2. The first-order valence-electron chi connectivity index (χ1n) is 8.67. The second-order valence-corrected chi connectivity index (χ2v) is 6.57. The Bertz CT molecular complexity index is 966. The van der Waals surface area contributed by atoms with Gasteiger partial charge in [0.05, 0.1) is 17.7 Å². The number of ether oxygens (including phenoxy) is 2. The van der Waals surface area contributed by atoms with Crippen molar-refractivity contribution in [1.29, 1.82) is 0 Å². The third-order valence-electron chi connectivity index (χ3n) is 4.09. The predicted octanol–water partition coefficient (Wildman–Crippen LogP) is 5.95. The van der Waals surface area contributed by atoms with Gasteiger partial charge >= 0.3 is 6.18 Å². The number of hydrogen-bond acceptors (Lipinski definition) is 4. The maximum Gasteiger partial charge on any atom is 0.417 e. The number of hydrogen-bond donors (Lipinski definition) is 1. The number of nitrogens with zero attached hydrogens (tertiary/aromatic N) is 1. The molecule has 0 bridgehead atoms. The third kappa shape index (κ3) is 5.54. The van der Waals surface area contributed by atoms with Crippen molar-refractivity contribution in [2.24, 2.45) is 0 Å². The zero-order chi connectivity index (χ0) is 20.9. The summed E-state index contributed by atoms with van der Waals surface area (Å²) in [6.07, 6.45) is -3.74. The summed E-state index contributed by atoms with van der Waals surface area (Å²) in [6, 6.07) is 16.0. The number of methoxy groups -OCH3 is 1. The molecule has 0 aliphatic heterocycles. The van der Waals surface area contributed by atoms with E-state index in [1.807, 2.05) is 36.4 Å². The van der Waals surface area contributed by atoms with E-state index in [0.29, 0.717) is 24.7 Å². The highest BCUT2D eigenvalue weighted by atomic mass is 35.5. The zero-order valence-electron chi connectivity index (χ0n) is 15.5. The molecule has 152 valence electrons. The standard InChI is InChI=1S/C21H18ClF3N2O2/c1-28-19-9-15(7-8-18(19)29-13-14-5-3-2-4-6-14)11-26-20-17(22)10-16(12-27-20)21(23,24)25/h2-10,12H,11,13H2,1H3,(H,26,27). The van der Waals surface area contributed by atoms with Crippen LogP contribution in [0.1, 0.15) is 16.7 Å². The number of halogens is 4. The van der Waals surface area contributed by atoms with Crippen molar-refractivity contribution in [2.75, 3.05) is 12.4 Å². The molecular weight excluding hydrogens is 405 g/mol. The summed E-state index contributed by atoms with van der Waals surface area (Å²) in [5.74, 6) is 1.31. The predicted molar refractivity (Wildman–Crippen MR) is 105 cm³/mol. The van der Waals surface area contributed by atoms with Crippen LogP contribution in [0.15, 0.2) is 60.8 Å². The van der Waals surface area contributed by atoms with Gasteiger partial charge in [-0.25, -0.2) is 4.98 Å². The highest BCUT2D eigenvalue weighted by molar-refractivity contribution is 6.32. The summed E-state index contributed by atoms with van der Waals surface area (Å²) in [5.41, 5.74) is 0.963. The van der Waals surface area contributed by atoms with Gasteiger partial charge in [0.15, 0.2) is 11.5 Å². The Balaban J connectivity index is 1.66. The van der Waals surface area contributed by atoms with Crippen LogP contribution in [0, 0.1) is 0 Å². The molecule has 0 unspecified atom stereocenters. The molecule has 0 saturated carbocycles. The topological polar surface area (TPSA) is 43.4 Å². The van der Waals surface area contributed by atoms with E-state index in [9.17, 15) is 13.2 Å². The Morgan fingerprint density at radius 2 is 1.76 bits per heavy atom. The summed E-state index contributed by atoms with van der Waals surface area (Å²) < 4.78 is 49.3. The van der Waals surface area contributed by atoms with E-state index in [1.165, 1.54) is 7.11 Å². The Labute approximate surface area is 171 Å². The van der Waals surface area contributed by atoms with Gasteiger partial charge in [-0.1, -0.05) is 48.0 Å². The van der Waals surface area contributed by atoms with Gasteiger partial charge in [-0.05, 0) is 29.3 Å². The summed E-state index contributed by atoms with van der Waals surface area (Å²) in [6.45, 7) is 0.702. The van der Waals surface area contributed by atoms with Crippen LogP contribution in [0.3, 0.4) is 0 Å². The molecule has 4 nitrogen and oxygen atoms in total. The number of alkyl halides is 3. The molecule has 0 aliphatic rings. The monoisotopic (exact) mass is 422 g/mol. The van der Waals surface area contributed by atoms with Crippen molar-refractivity contribution in [1.82, 2.24) is 4.98 Å². The molecule has 1 N–H and O–H groups in total. The van der Waals surface area contributed by atoms with E-state index >= 15 is 0 Å². The maximum atomic E-state index is 12.7. The number of aromatic nitrogens is 1. The van der Waals surface area contributed by atoms with Crippen LogP contribution in [0.2, 0.25) is 5.02 Å². The normalized spacial score (nSPS) is 11.2. The van der Waals surface area contributed by atoms with Gasteiger partial charge in [-0.15, -0.1) is 0 Å². The molecule has 8 heteroatoms. The first-order valence-corrected chi connectivity index (χ1v) is 9.05.